The van der Waals surface area contributed by atoms with Crippen LogP contribution in [0.4, 0.5) is 11.5 Å². The van der Waals surface area contributed by atoms with Crippen molar-refractivity contribution in [1.29, 1.82) is 0 Å². The van der Waals surface area contributed by atoms with Crippen LogP contribution in [0, 0.1) is 0 Å². The van der Waals surface area contributed by atoms with E-state index in [4.69, 9.17) is 0 Å². The summed E-state index contributed by atoms with van der Waals surface area (Å²) < 4.78 is 0. The third kappa shape index (κ3) is 3.52. The van der Waals surface area contributed by atoms with Gasteiger partial charge < -0.3 is 25.4 Å². The van der Waals surface area contributed by atoms with Gasteiger partial charge in [-0.1, -0.05) is 12.1 Å². The van der Waals surface area contributed by atoms with Gasteiger partial charge in [-0.2, -0.15) is 0 Å². The molecule has 4 aromatic rings. The normalized spacial score (nSPS) is 10.9. The Morgan fingerprint density at radius 2 is 1.77 bits per heavy atom. The van der Waals surface area contributed by atoms with E-state index in [1.807, 2.05) is 0 Å². The fourth-order valence-electron chi connectivity index (χ4n) is 3.42. The lowest BCUT2D eigenvalue weighted by Gasteiger charge is -2.13. The second-order valence-corrected chi connectivity index (χ2v) is 7.16. The first kappa shape index (κ1) is 19.9. The smallest absolute Gasteiger partial charge is 0.337 e. The molecule has 0 aliphatic carbocycles. The second-order valence-electron chi connectivity index (χ2n) is 7.16. The molecular formula is C22H18N4O5. The number of amides is 1. The van der Waals surface area contributed by atoms with Gasteiger partial charge in [-0.3, -0.25) is 4.79 Å². The Morgan fingerprint density at radius 1 is 1.00 bits per heavy atom. The maximum absolute atomic E-state index is 12.3. The number of carboxylic acid groups (broad SMARTS) is 2. The molecule has 0 unspecified atom stereocenters. The molecule has 31 heavy (non-hydrogen) atoms. The summed E-state index contributed by atoms with van der Waals surface area (Å²) in [5, 5.41) is 23.0. The predicted octanol–water partition coefficient (Wildman–Crippen LogP) is 3.56. The van der Waals surface area contributed by atoms with Crippen LogP contribution in [0.2, 0.25) is 0 Å². The van der Waals surface area contributed by atoms with E-state index < -0.39 is 11.9 Å². The van der Waals surface area contributed by atoms with E-state index in [0.29, 0.717) is 38.9 Å². The largest absolute Gasteiger partial charge is 0.478 e. The van der Waals surface area contributed by atoms with Gasteiger partial charge >= 0.3 is 11.9 Å². The Hall–Kier alpha value is -4.40. The number of nitrogens with one attached hydrogen (secondary N) is 2. The van der Waals surface area contributed by atoms with Gasteiger partial charge in [-0.25, -0.2) is 14.6 Å². The highest BCUT2D eigenvalue weighted by Gasteiger charge is 2.19. The zero-order chi connectivity index (χ0) is 22.3. The average molecular weight is 418 g/mol. The number of carbonyl (C=O) groups excluding carboxylic acids is 1. The Bertz CT molecular complexity index is 1370. The van der Waals surface area contributed by atoms with E-state index >= 15 is 0 Å². The maximum Gasteiger partial charge on any atom is 0.337 e. The molecular weight excluding hydrogens is 400 g/mol. The number of aromatic nitrogens is 2. The number of fused-ring (bicyclic) bond motifs is 3. The van der Waals surface area contributed by atoms with Crippen LogP contribution < -0.4 is 5.32 Å². The Labute approximate surface area is 175 Å². The number of rotatable bonds is 5. The molecule has 0 atom stereocenters. The minimum Gasteiger partial charge on any atom is -0.478 e. The quantitative estimate of drug-likeness (QED) is 0.389. The number of hydrogen-bond acceptors (Lipinski definition) is 5. The van der Waals surface area contributed by atoms with Crippen molar-refractivity contribution in [3.63, 3.8) is 0 Å². The molecule has 4 rings (SSSR count). The van der Waals surface area contributed by atoms with Gasteiger partial charge in [0.1, 0.15) is 0 Å². The predicted molar refractivity (Wildman–Crippen MR) is 115 cm³/mol. The number of benzene rings is 2. The van der Waals surface area contributed by atoms with Gasteiger partial charge in [0.05, 0.1) is 22.2 Å². The van der Waals surface area contributed by atoms with Crippen molar-refractivity contribution in [2.45, 2.75) is 0 Å². The van der Waals surface area contributed by atoms with E-state index in [9.17, 15) is 24.6 Å². The SMILES string of the molecule is CN(C)C(=O)c1cccc(Nc2nc3cc(C(=O)O)ccc3c3c(C(=O)O)c[nH]c23)c1. The Kier molecular flexibility index (Phi) is 4.78. The molecule has 2 aromatic carbocycles. The van der Waals surface area contributed by atoms with Crippen molar-refractivity contribution < 1.29 is 24.6 Å². The lowest BCUT2D eigenvalue weighted by Crippen LogP contribution is -2.21. The van der Waals surface area contributed by atoms with Crippen LogP contribution in [0.25, 0.3) is 21.8 Å². The molecule has 9 nitrogen and oxygen atoms in total. The topological polar surface area (TPSA) is 136 Å². The van der Waals surface area contributed by atoms with E-state index in [0.717, 1.165) is 0 Å². The number of hydrogen-bond donors (Lipinski definition) is 4. The Morgan fingerprint density at radius 3 is 2.45 bits per heavy atom. The molecule has 0 saturated carbocycles. The summed E-state index contributed by atoms with van der Waals surface area (Å²) in [4.78, 5) is 44.3. The molecule has 0 fully saturated rings. The van der Waals surface area contributed by atoms with Crippen LogP contribution in [0.3, 0.4) is 0 Å². The van der Waals surface area contributed by atoms with Crippen molar-refractivity contribution in [2.24, 2.45) is 0 Å². The standard InChI is InChI=1S/C22H18N4O5/c1-26(2)20(27)11-4-3-5-13(8-11)24-19-18-17(15(10-23-18)22(30)31)14-7-6-12(21(28)29)9-16(14)25-19/h3-10,23H,1-2H3,(H,24,25)(H,28,29)(H,30,31). The number of nitrogens with zero attached hydrogens (tertiary/aromatic N) is 2. The van der Waals surface area contributed by atoms with Crippen molar-refractivity contribution in [3.05, 3.63) is 65.4 Å². The van der Waals surface area contributed by atoms with Crippen LogP contribution in [0.5, 0.6) is 0 Å². The highest BCUT2D eigenvalue weighted by Crippen LogP contribution is 2.33. The summed E-state index contributed by atoms with van der Waals surface area (Å²) >= 11 is 0. The number of pyridine rings is 1. The van der Waals surface area contributed by atoms with E-state index in [1.165, 1.54) is 23.2 Å². The number of carboxylic acids is 2. The summed E-state index contributed by atoms with van der Waals surface area (Å²) in [6, 6.07) is 11.2. The molecule has 2 aromatic heterocycles. The molecule has 0 saturated heterocycles. The summed E-state index contributed by atoms with van der Waals surface area (Å²) in [6.45, 7) is 0. The minimum atomic E-state index is -1.12. The average Bonchev–Trinajstić information content (AvgIpc) is 3.19. The van der Waals surface area contributed by atoms with E-state index in [1.54, 1.807) is 44.4 Å². The zero-order valence-corrected chi connectivity index (χ0v) is 16.6. The fraction of sp³-hybridized carbons (Fsp3) is 0.0909. The van der Waals surface area contributed by atoms with Crippen molar-refractivity contribution in [2.75, 3.05) is 19.4 Å². The first-order valence-electron chi connectivity index (χ1n) is 9.26. The first-order valence-corrected chi connectivity index (χ1v) is 9.26. The van der Waals surface area contributed by atoms with Crippen molar-refractivity contribution >= 4 is 51.2 Å². The molecule has 0 bridgehead atoms. The van der Waals surface area contributed by atoms with Crippen LogP contribution >= 0.6 is 0 Å². The van der Waals surface area contributed by atoms with E-state index in [-0.39, 0.29) is 17.0 Å². The highest BCUT2D eigenvalue weighted by atomic mass is 16.4. The van der Waals surface area contributed by atoms with Gasteiger partial charge in [-0.05, 0) is 30.3 Å². The first-order chi connectivity index (χ1) is 14.8. The second kappa shape index (κ2) is 7.45. The van der Waals surface area contributed by atoms with Crippen LogP contribution in [-0.2, 0) is 0 Å². The summed E-state index contributed by atoms with van der Waals surface area (Å²) in [6.07, 6.45) is 1.37. The van der Waals surface area contributed by atoms with Gasteiger partial charge in [0.2, 0.25) is 0 Å². The molecule has 0 aliphatic heterocycles. The molecule has 9 heteroatoms. The van der Waals surface area contributed by atoms with Crippen molar-refractivity contribution in [1.82, 2.24) is 14.9 Å². The molecule has 156 valence electrons. The van der Waals surface area contributed by atoms with Crippen LogP contribution in [0.15, 0.2) is 48.7 Å². The molecule has 2 heterocycles. The monoisotopic (exact) mass is 418 g/mol. The number of aromatic carboxylic acids is 2. The lowest BCUT2D eigenvalue weighted by atomic mass is 10.0. The zero-order valence-electron chi connectivity index (χ0n) is 16.6. The highest BCUT2D eigenvalue weighted by molar-refractivity contribution is 6.18. The summed E-state index contributed by atoms with van der Waals surface area (Å²) in [5.74, 6) is -2.09. The third-order valence-corrected chi connectivity index (χ3v) is 4.87. The fourth-order valence-corrected chi connectivity index (χ4v) is 3.42. The van der Waals surface area contributed by atoms with Crippen molar-refractivity contribution in [3.8, 4) is 0 Å². The molecule has 1 amide bonds. The lowest BCUT2D eigenvalue weighted by molar-refractivity contribution is 0.0687. The molecule has 0 radical (unpaired) electrons. The van der Waals surface area contributed by atoms with Gasteiger partial charge in [0.15, 0.2) is 5.82 Å². The van der Waals surface area contributed by atoms with Gasteiger partial charge in [-0.15, -0.1) is 0 Å². The molecule has 0 aliphatic rings. The number of H-pyrrole nitrogens is 1. The summed E-state index contributed by atoms with van der Waals surface area (Å²) in [5.41, 5.74) is 1.91. The van der Waals surface area contributed by atoms with Gasteiger partial charge in [0, 0.05) is 42.3 Å². The maximum atomic E-state index is 12.3. The van der Waals surface area contributed by atoms with Crippen LogP contribution in [-0.4, -0.2) is 57.0 Å². The molecule has 0 spiro atoms. The number of carbonyl (C=O) groups is 3. The van der Waals surface area contributed by atoms with E-state index in [2.05, 4.69) is 15.3 Å². The minimum absolute atomic E-state index is 0.0382. The number of aromatic amines is 1. The summed E-state index contributed by atoms with van der Waals surface area (Å²) in [7, 11) is 3.31. The van der Waals surface area contributed by atoms with Crippen LogP contribution in [0.1, 0.15) is 31.1 Å². The molecule has 4 N–H and O–H groups in total. The number of anilines is 2. The third-order valence-electron chi connectivity index (χ3n) is 4.87. The van der Waals surface area contributed by atoms with Gasteiger partial charge in [0.25, 0.3) is 5.91 Å². The Balaban J connectivity index is 1.91.